The van der Waals surface area contributed by atoms with Gasteiger partial charge in [0.15, 0.2) is 11.5 Å². The van der Waals surface area contributed by atoms with Crippen LogP contribution in [0.5, 0.6) is 5.75 Å². The maximum Gasteiger partial charge on any atom is 0.573 e. The van der Waals surface area contributed by atoms with Crippen molar-refractivity contribution in [3.8, 4) is 22.7 Å². The molecular weight excluding hydrogens is 566 g/mol. The zero-order valence-electron chi connectivity index (χ0n) is 21.2. The SMILES string of the molecule is C[C@@H](NC(=O)c1nn(-c2ccccc2F)c(-c2ccc(Cl)cc2)c1Cc1nnn[nH]1)c1ccc(OC(F)(F)F)cc1. The van der Waals surface area contributed by atoms with Gasteiger partial charge in [-0.05, 0) is 59.3 Å². The maximum atomic E-state index is 15.0. The van der Waals surface area contributed by atoms with Gasteiger partial charge in [-0.2, -0.15) is 5.10 Å². The molecule has 210 valence electrons. The fourth-order valence-corrected chi connectivity index (χ4v) is 4.36. The van der Waals surface area contributed by atoms with Gasteiger partial charge >= 0.3 is 6.36 Å². The zero-order chi connectivity index (χ0) is 29.1. The molecule has 0 aliphatic rings. The van der Waals surface area contributed by atoms with Crippen LogP contribution >= 0.6 is 11.6 Å². The molecule has 3 aromatic carbocycles. The first-order valence-electron chi connectivity index (χ1n) is 12.1. The third kappa shape index (κ3) is 6.35. The van der Waals surface area contributed by atoms with Crippen LogP contribution in [0.2, 0.25) is 5.02 Å². The molecule has 0 aliphatic heterocycles. The summed E-state index contributed by atoms with van der Waals surface area (Å²) in [6.07, 6.45) is -4.78. The molecule has 0 saturated heterocycles. The molecule has 0 fully saturated rings. The van der Waals surface area contributed by atoms with Crippen molar-refractivity contribution < 1.29 is 27.1 Å². The first kappa shape index (κ1) is 27.8. The number of carbonyl (C=O) groups is 1. The van der Waals surface area contributed by atoms with Crippen molar-refractivity contribution in [3.05, 3.63) is 106 Å². The fraction of sp³-hybridized carbons (Fsp3) is 0.148. The number of rotatable bonds is 8. The molecule has 0 aliphatic carbocycles. The average Bonchev–Trinajstić information content (AvgIpc) is 3.57. The van der Waals surface area contributed by atoms with Gasteiger partial charge < -0.3 is 10.1 Å². The van der Waals surface area contributed by atoms with Gasteiger partial charge in [-0.1, -0.05) is 48.0 Å². The summed E-state index contributed by atoms with van der Waals surface area (Å²) in [4.78, 5) is 13.7. The summed E-state index contributed by atoms with van der Waals surface area (Å²) in [5.74, 6) is -1.24. The molecule has 0 spiro atoms. The largest absolute Gasteiger partial charge is 0.573 e. The molecule has 0 bridgehead atoms. The Labute approximate surface area is 235 Å². The molecule has 0 radical (unpaired) electrons. The van der Waals surface area contributed by atoms with Crippen LogP contribution in [0.1, 0.15) is 40.4 Å². The number of ether oxygens (including phenoxy) is 1. The highest BCUT2D eigenvalue weighted by Gasteiger charge is 2.31. The second kappa shape index (κ2) is 11.4. The number of carbonyl (C=O) groups excluding carboxylic acids is 1. The molecule has 1 atom stereocenters. The Kier molecular flexibility index (Phi) is 7.70. The van der Waals surface area contributed by atoms with Gasteiger partial charge in [0.05, 0.1) is 11.7 Å². The standard InChI is InChI=1S/C27H20ClF4N7O2/c1-15(16-8-12-19(13-9-16)41-27(30,31)32)33-26(40)24-20(14-23-34-37-38-35-23)25(17-6-10-18(28)11-7-17)39(36-24)22-5-3-2-4-21(22)29/h2-13,15H,14H2,1H3,(H,33,40)(H,34,35,37,38)/t15-/m1/s1. The second-order valence-corrected chi connectivity index (χ2v) is 9.32. The third-order valence-electron chi connectivity index (χ3n) is 6.09. The number of halogens is 5. The van der Waals surface area contributed by atoms with Gasteiger partial charge in [-0.25, -0.2) is 14.2 Å². The van der Waals surface area contributed by atoms with Gasteiger partial charge in [0.2, 0.25) is 0 Å². The minimum atomic E-state index is -4.82. The first-order chi connectivity index (χ1) is 19.6. The molecular formula is C27H20ClF4N7O2. The molecule has 41 heavy (non-hydrogen) atoms. The Hall–Kier alpha value is -4.78. The number of tetrazole rings is 1. The van der Waals surface area contributed by atoms with Crippen LogP contribution in [0, 0.1) is 5.82 Å². The van der Waals surface area contributed by atoms with Crippen LogP contribution in [-0.2, 0) is 6.42 Å². The van der Waals surface area contributed by atoms with E-state index in [1.165, 1.54) is 35.0 Å². The minimum absolute atomic E-state index is 0.0292. The minimum Gasteiger partial charge on any atom is -0.406 e. The van der Waals surface area contributed by atoms with Crippen molar-refractivity contribution in [1.29, 1.82) is 0 Å². The van der Waals surface area contributed by atoms with Crippen molar-refractivity contribution in [2.75, 3.05) is 0 Å². The van der Waals surface area contributed by atoms with Gasteiger partial charge in [-0.3, -0.25) is 4.79 Å². The normalized spacial score (nSPS) is 12.2. The summed E-state index contributed by atoms with van der Waals surface area (Å²) < 4.78 is 57.8. The first-order valence-corrected chi connectivity index (χ1v) is 12.5. The highest BCUT2D eigenvalue weighted by Crippen LogP contribution is 2.33. The van der Waals surface area contributed by atoms with Crippen LogP contribution in [0.15, 0.2) is 72.8 Å². The van der Waals surface area contributed by atoms with Crippen molar-refractivity contribution in [2.45, 2.75) is 25.7 Å². The summed E-state index contributed by atoms with van der Waals surface area (Å²) in [5.41, 5.74) is 1.99. The number of benzene rings is 3. The molecule has 5 aromatic rings. The zero-order valence-corrected chi connectivity index (χ0v) is 21.9. The third-order valence-corrected chi connectivity index (χ3v) is 6.34. The van der Waals surface area contributed by atoms with Crippen LogP contribution in [-0.4, -0.2) is 42.7 Å². The lowest BCUT2D eigenvalue weighted by molar-refractivity contribution is -0.274. The Balaban J connectivity index is 1.56. The number of para-hydroxylation sites is 1. The molecule has 0 saturated carbocycles. The average molecular weight is 586 g/mol. The lowest BCUT2D eigenvalue weighted by atomic mass is 10.0. The topological polar surface area (TPSA) is 111 Å². The van der Waals surface area contributed by atoms with Crippen LogP contribution < -0.4 is 10.1 Å². The smallest absolute Gasteiger partial charge is 0.406 e. The van der Waals surface area contributed by atoms with Crippen LogP contribution in [0.4, 0.5) is 17.6 Å². The van der Waals surface area contributed by atoms with Gasteiger partial charge in [0, 0.05) is 22.6 Å². The quantitative estimate of drug-likeness (QED) is 0.222. The summed E-state index contributed by atoms with van der Waals surface area (Å²) in [6, 6.07) is 17.2. The van der Waals surface area contributed by atoms with Gasteiger partial charge in [0.25, 0.3) is 5.91 Å². The second-order valence-electron chi connectivity index (χ2n) is 8.88. The molecule has 1 amide bonds. The molecule has 2 aromatic heterocycles. The Morgan fingerprint density at radius 3 is 2.41 bits per heavy atom. The number of aromatic amines is 1. The number of hydrogen-bond acceptors (Lipinski definition) is 6. The van der Waals surface area contributed by atoms with E-state index in [9.17, 15) is 18.0 Å². The molecule has 14 heteroatoms. The van der Waals surface area contributed by atoms with E-state index in [0.29, 0.717) is 33.2 Å². The van der Waals surface area contributed by atoms with Crippen LogP contribution in [0.3, 0.4) is 0 Å². The lowest BCUT2D eigenvalue weighted by Gasteiger charge is -2.15. The predicted octanol–water partition coefficient (Wildman–Crippen LogP) is 5.83. The van der Waals surface area contributed by atoms with Crippen LogP contribution in [0.25, 0.3) is 16.9 Å². The number of aromatic nitrogens is 6. The van der Waals surface area contributed by atoms with E-state index < -0.39 is 24.1 Å². The number of nitrogens with zero attached hydrogens (tertiary/aromatic N) is 5. The molecule has 5 rings (SSSR count). The van der Waals surface area contributed by atoms with Crippen molar-refractivity contribution in [1.82, 2.24) is 35.7 Å². The van der Waals surface area contributed by atoms with Gasteiger partial charge in [0.1, 0.15) is 17.3 Å². The number of alkyl halides is 3. The van der Waals surface area contributed by atoms with E-state index in [1.807, 2.05) is 0 Å². The summed E-state index contributed by atoms with van der Waals surface area (Å²) in [6.45, 7) is 1.66. The van der Waals surface area contributed by atoms with E-state index in [4.69, 9.17) is 11.6 Å². The monoisotopic (exact) mass is 585 g/mol. The van der Waals surface area contributed by atoms with Crippen molar-refractivity contribution in [2.24, 2.45) is 0 Å². The fourth-order valence-electron chi connectivity index (χ4n) is 4.23. The summed E-state index contributed by atoms with van der Waals surface area (Å²) in [5, 5.41) is 21.6. The Bertz CT molecular complexity index is 1660. The highest BCUT2D eigenvalue weighted by molar-refractivity contribution is 6.30. The predicted molar refractivity (Wildman–Crippen MR) is 140 cm³/mol. The molecule has 2 heterocycles. The lowest BCUT2D eigenvalue weighted by Crippen LogP contribution is -2.28. The van der Waals surface area contributed by atoms with E-state index in [2.05, 4.69) is 35.8 Å². The number of hydrogen-bond donors (Lipinski definition) is 2. The summed E-state index contributed by atoms with van der Waals surface area (Å²) >= 11 is 6.11. The van der Waals surface area contributed by atoms with Crippen molar-refractivity contribution >= 4 is 17.5 Å². The number of H-pyrrole nitrogens is 1. The summed E-state index contributed by atoms with van der Waals surface area (Å²) in [7, 11) is 0. The molecule has 2 N–H and O–H groups in total. The Morgan fingerprint density at radius 2 is 1.78 bits per heavy atom. The highest BCUT2D eigenvalue weighted by atomic mass is 35.5. The van der Waals surface area contributed by atoms with Gasteiger partial charge in [-0.15, -0.1) is 18.3 Å². The Morgan fingerprint density at radius 1 is 1.07 bits per heavy atom. The van der Waals surface area contributed by atoms with E-state index in [-0.39, 0.29) is 23.6 Å². The number of amides is 1. The molecule has 0 unspecified atom stereocenters. The van der Waals surface area contributed by atoms with E-state index >= 15 is 4.39 Å². The van der Waals surface area contributed by atoms with Crippen molar-refractivity contribution in [3.63, 3.8) is 0 Å². The molecule has 9 nitrogen and oxygen atoms in total. The van der Waals surface area contributed by atoms with E-state index in [0.717, 1.165) is 12.1 Å². The maximum absolute atomic E-state index is 15.0. The van der Waals surface area contributed by atoms with E-state index in [1.54, 1.807) is 37.3 Å². The number of nitrogens with one attached hydrogen (secondary N) is 2.